The molecule has 0 fully saturated rings. The summed E-state index contributed by atoms with van der Waals surface area (Å²) in [6, 6.07) is 14.3. The molecule has 0 heterocycles. The van der Waals surface area contributed by atoms with Crippen molar-refractivity contribution >= 4 is 10.0 Å². The minimum Gasteiger partial charge on any atom is -0.496 e. The molecule has 2 rings (SSSR count). The van der Waals surface area contributed by atoms with Gasteiger partial charge in [0.15, 0.2) is 0 Å². The fraction of sp³-hybridized carbons (Fsp3) is 0.200. The first-order valence-corrected chi connectivity index (χ1v) is 7.99. The van der Waals surface area contributed by atoms with Gasteiger partial charge in [-0.05, 0) is 23.8 Å². The van der Waals surface area contributed by atoms with Gasteiger partial charge in [0, 0.05) is 18.7 Å². The van der Waals surface area contributed by atoms with Gasteiger partial charge in [-0.1, -0.05) is 30.3 Å². The van der Waals surface area contributed by atoms with Crippen molar-refractivity contribution in [3.05, 3.63) is 59.7 Å². The van der Waals surface area contributed by atoms with Gasteiger partial charge >= 0.3 is 0 Å². The van der Waals surface area contributed by atoms with Gasteiger partial charge in [0.05, 0.1) is 12.0 Å². The van der Waals surface area contributed by atoms with E-state index in [0.717, 1.165) is 16.9 Å². The van der Waals surface area contributed by atoms with E-state index in [1.807, 2.05) is 24.3 Å². The maximum absolute atomic E-state index is 11.2. The predicted molar refractivity (Wildman–Crippen MR) is 81.4 cm³/mol. The topological polar surface area (TPSA) is 81.4 Å². The van der Waals surface area contributed by atoms with E-state index in [1.54, 1.807) is 19.2 Å². The normalized spacial score (nSPS) is 11.3. The lowest BCUT2D eigenvalue weighted by molar-refractivity contribution is 0.407. The molecule has 2 aromatic carbocycles. The summed E-state index contributed by atoms with van der Waals surface area (Å²) in [5.41, 5.74) is 2.05. The molecule has 112 valence electrons. The molecule has 0 atom stereocenters. The highest BCUT2D eigenvalue weighted by molar-refractivity contribution is 7.89. The van der Waals surface area contributed by atoms with E-state index in [9.17, 15) is 8.42 Å². The van der Waals surface area contributed by atoms with Crippen LogP contribution >= 0.6 is 0 Å². The SMILES string of the molecule is COc1ccccc1CNCc1ccc(S(N)(=O)=O)cc1. The van der Waals surface area contributed by atoms with Crippen LogP contribution in [0.4, 0.5) is 0 Å². The molecule has 0 spiro atoms. The number of hydrogen-bond acceptors (Lipinski definition) is 4. The molecule has 0 bridgehead atoms. The summed E-state index contributed by atoms with van der Waals surface area (Å²) in [6.07, 6.45) is 0. The first-order valence-electron chi connectivity index (χ1n) is 6.45. The van der Waals surface area contributed by atoms with Gasteiger partial charge in [-0.25, -0.2) is 13.6 Å². The second kappa shape index (κ2) is 6.71. The van der Waals surface area contributed by atoms with Crippen molar-refractivity contribution in [1.29, 1.82) is 0 Å². The molecule has 6 heteroatoms. The van der Waals surface area contributed by atoms with E-state index >= 15 is 0 Å². The molecule has 3 N–H and O–H groups in total. The average molecular weight is 306 g/mol. The van der Waals surface area contributed by atoms with Gasteiger partial charge < -0.3 is 10.1 Å². The quantitative estimate of drug-likeness (QED) is 0.850. The third kappa shape index (κ3) is 4.29. The van der Waals surface area contributed by atoms with Crippen molar-refractivity contribution in [2.45, 2.75) is 18.0 Å². The highest BCUT2D eigenvalue weighted by Gasteiger charge is 2.06. The number of hydrogen-bond donors (Lipinski definition) is 2. The standard InChI is InChI=1S/C15H18N2O3S/c1-20-15-5-3-2-4-13(15)11-17-10-12-6-8-14(9-7-12)21(16,18)19/h2-9,17H,10-11H2,1H3,(H2,16,18,19). The van der Waals surface area contributed by atoms with Crippen LogP contribution in [0.3, 0.4) is 0 Å². The van der Waals surface area contributed by atoms with E-state index in [1.165, 1.54) is 12.1 Å². The minimum atomic E-state index is -3.63. The van der Waals surface area contributed by atoms with Gasteiger partial charge in [-0.3, -0.25) is 0 Å². The van der Waals surface area contributed by atoms with E-state index in [-0.39, 0.29) is 4.90 Å². The van der Waals surface area contributed by atoms with Crippen molar-refractivity contribution in [2.24, 2.45) is 5.14 Å². The summed E-state index contributed by atoms with van der Waals surface area (Å²) in [5.74, 6) is 0.842. The monoisotopic (exact) mass is 306 g/mol. The first-order chi connectivity index (χ1) is 10.0. The fourth-order valence-corrected chi connectivity index (χ4v) is 2.50. The Labute approximate surface area is 124 Å². The molecular formula is C15H18N2O3S. The Morgan fingerprint density at radius 3 is 2.33 bits per heavy atom. The molecule has 0 aliphatic rings. The maximum atomic E-state index is 11.2. The second-order valence-electron chi connectivity index (χ2n) is 4.60. The summed E-state index contributed by atoms with van der Waals surface area (Å²) in [4.78, 5) is 0.121. The lowest BCUT2D eigenvalue weighted by atomic mass is 10.2. The fourth-order valence-electron chi connectivity index (χ4n) is 1.99. The number of primary sulfonamides is 1. The Kier molecular flexibility index (Phi) is 4.95. The number of para-hydroxylation sites is 1. The van der Waals surface area contributed by atoms with Crippen LogP contribution in [-0.2, 0) is 23.1 Å². The zero-order valence-corrected chi connectivity index (χ0v) is 12.6. The summed E-state index contributed by atoms with van der Waals surface area (Å²) >= 11 is 0. The molecule has 0 saturated carbocycles. The third-order valence-electron chi connectivity index (χ3n) is 3.09. The molecule has 21 heavy (non-hydrogen) atoms. The molecular weight excluding hydrogens is 288 g/mol. The minimum absolute atomic E-state index is 0.121. The van der Waals surface area contributed by atoms with Gasteiger partial charge in [0.25, 0.3) is 0 Å². The van der Waals surface area contributed by atoms with Gasteiger partial charge in [0.2, 0.25) is 10.0 Å². The number of methoxy groups -OCH3 is 1. The summed E-state index contributed by atoms with van der Waals surface area (Å²) in [6.45, 7) is 1.30. The van der Waals surface area contributed by atoms with Crippen molar-refractivity contribution in [3.63, 3.8) is 0 Å². The van der Waals surface area contributed by atoms with Gasteiger partial charge in [-0.2, -0.15) is 0 Å². The Balaban J connectivity index is 1.95. The number of rotatable bonds is 6. The van der Waals surface area contributed by atoms with E-state index < -0.39 is 10.0 Å². The summed E-state index contributed by atoms with van der Waals surface area (Å²) in [5, 5.41) is 8.35. The highest BCUT2D eigenvalue weighted by Crippen LogP contribution is 2.17. The molecule has 5 nitrogen and oxygen atoms in total. The van der Waals surface area contributed by atoms with Crippen LogP contribution in [0.25, 0.3) is 0 Å². The number of nitrogens with one attached hydrogen (secondary N) is 1. The molecule has 0 radical (unpaired) electrons. The van der Waals surface area contributed by atoms with Crippen LogP contribution in [0.5, 0.6) is 5.75 Å². The van der Waals surface area contributed by atoms with E-state index in [0.29, 0.717) is 13.1 Å². The Hall–Kier alpha value is -1.89. The Bertz CT molecular complexity index is 697. The van der Waals surface area contributed by atoms with Gasteiger partial charge in [-0.15, -0.1) is 0 Å². The predicted octanol–water partition coefficient (Wildman–Crippen LogP) is 1.63. The molecule has 0 aliphatic heterocycles. The first kappa shape index (κ1) is 15.5. The smallest absolute Gasteiger partial charge is 0.238 e. The molecule has 0 aliphatic carbocycles. The lowest BCUT2D eigenvalue weighted by Crippen LogP contribution is -2.14. The van der Waals surface area contributed by atoms with Crippen molar-refractivity contribution in [1.82, 2.24) is 5.32 Å². The molecule has 0 amide bonds. The second-order valence-corrected chi connectivity index (χ2v) is 6.17. The van der Waals surface area contributed by atoms with E-state index in [2.05, 4.69) is 5.32 Å². The Morgan fingerprint density at radius 1 is 1.05 bits per heavy atom. The summed E-state index contributed by atoms with van der Waals surface area (Å²) < 4.78 is 27.6. The van der Waals surface area contributed by atoms with Crippen LogP contribution in [-0.4, -0.2) is 15.5 Å². The molecule has 0 unspecified atom stereocenters. The third-order valence-corrected chi connectivity index (χ3v) is 4.02. The number of sulfonamides is 1. The number of ether oxygens (including phenoxy) is 1. The average Bonchev–Trinajstić information content (AvgIpc) is 2.47. The maximum Gasteiger partial charge on any atom is 0.238 e. The van der Waals surface area contributed by atoms with Crippen LogP contribution in [0.1, 0.15) is 11.1 Å². The largest absolute Gasteiger partial charge is 0.496 e. The zero-order chi connectivity index (χ0) is 15.3. The lowest BCUT2D eigenvalue weighted by Gasteiger charge is -2.09. The highest BCUT2D eigenvalue weighted by atomic mass is 32.2. The van der Waals surface area contributed by atoms with Crippen molar-refractivity contribution in [2.75, 3.05) is 7.11 Å². The summed E-state index contributed by atoms with van der Waals surface area (Å²) in [7, 11) is -1.99. The molecule has 2 aromatic rings. The zero-order valence-electron chi connectivity index (χ0n) is 11.7. The Morgan fingerprint density at radius 2 is 1.71 bits per heavy atom. The van der Waals surface area contributed by atoms with Crippen molar-refractivity contribution < 1.29 is 13.2 Å². The number of nitrogens with two attached hydrogens (primary N) is 1. The van der Waals surface area contributed by atoms with Crippen LogP contribution in [0.15, 0.2) is 53.4 Å². The van der Waals surface area contributed by atoms with Crippen LogP contribution in [0.2, 0.25) is 0 Å². The number of benzene rings is 2. The van der Waals surface area contributed by atoms with Crippen LogP contribution < -0.4 is 15.2 Å². The van der Waals surface area contributed by atoms with Crippen molar-refractivity contribution in [3.8, 4) is 5.75 Å². The molecule has 0 aromatic heterocycles. The van der Waals surface area contributed by atoms with Crippen LogP contribution in [0, 0.1) is 0 Å². The van der Waals surface area contributed by atoms with Gasteiger partial charge in [0.1, 0.15) is 5.75 Å². The van der Waals surface area contributed by atoms with E-state index in [4.69, 9.17) is 9.88 Å². The molecule has 0 saturated heterocycles.